The predicted molar refractivity (Wildman–Crippen MR) is 60.6 cm³/mol. The summed E-state index contributed by atoms with van der Waals surface area (Å²) in [5.41, 5.74) is 5.59. The molecule has 0 spiro atoms. The minimum Gasteiger partial charge on any atom is -0.356 e. The van der Waals surface area contributed by atoms with Gasteiger partial charge < -0.3 is 11.1 Å². The molecule has 1 atom stereocenters. The first-order valence-electron chi connectivity index (χ1n) is 5.55. The van der Waals surface area contributed by atoms with Crippen molar-refractivity contribution in [2.45, 2.75) is 38.6 Å². The maximum absolute atomic E-state index is 11.4. The van der Waals surface area contributed by atoms with E-state index in [-0.39, 0.29) is 11.9 Å². The quantitative estimate of drug-likeness (QED) is 0.607. The summed E-state index contributed by atoms with van der Waals surface area (Å²) in [6, 6.07) is 0.169. The summed E-state index contributed by atoms with van der Waals surface area (Å²) in [6.45, 7) is 2.54. The summed E-state index contributed by atoms with van der Waals surface area (Å²) in [7, 11) is 0. The van der Waals surface area contributed by atoms with E-state index in [1.807, 2.05) is 6.92 Å². The Kier molecular flexibility index (Phi) is 5.49. The second kappa shape index (κ2) is 6.95. The number of rotatable bonds is 7. The number of aromatic nitrogens is 3. The Labute approximate surface area is 95.0 Å². The van der Waals surface area contributed by atoms with Crippen molar-refractivity contribution in [3.63, 3.8) is 0 Å². The molecule has 0 radical (unpaired) electrons. The molecule has 4 N–H and O–H groups in total. The lowest BCUT2D eigenvalue weighted by molar-refractivity contribution is -0.121. The molecule has 0 aliphatic rings. The first-order valence-corrected chi connectivity index (χ1v) is 5.55. The summed E-state index contributed by atoms with van der Waals surface area (Å²) in [4.78, 5) is 15.3. The molecule has 0 saturated carbocycles. The molecule has 0 aliphatic heterocycles. The van der Waals surface area contributed by atoms with E-state index in [4.69, 9.17) is 5.73 Å². The van der Waals surface area contributed by atoms with Gasteiger partial charge in [-0.05, 0) is 19.8 Å². The highest BCUT2D eigenvalue weighted by Gasteiger charge is 2.02. The van der Waals surface area contributed by atoms with E-state index in [2.05, 4.69) is 20.5 Å². The summed E-state index contributed by atoms with van der Waals surface area (Å²) in [5.74, 6) is 0.857. The number of H-pyrrole nitrogens is 1. The molecule has 1 unspecified atom stereocenters. The largest absolute Gasteiger partial charge is 0.356 e. The van der Waals surface area contributed by atoms with E-state index in [0.29, 0.717) is 19.4 Å². The minimum absolute atomic E-state index is 0.0696. The first kappa shape index (κ1) is 12.6. The van der Waals surface area contributed by atoms with Gasteiger partial charge in [-0.1, -0.05) is 0 Å². The molecule has 1 heterocycles. The highest BCUT2D eigenvalue weighted by Crippen LogP contribution is 1.98. The van der Waals surface area contributed by atoms with Crippen LogP contribution in [0.25, 0.3) is 0 Å². The van der Waals surface area contributed by atoms with Crippen molar-refractivity contribution in [2.24, 2.45) is 5.73 Å². The van der Waals surface area contributed by atoms with Gasteiger partial charge >= 0.3 is 0 Å². The lowest BCUT2D eigenvalue weighted by atomic mass is 10.1. The Morgan fingerprint density at radius 3 is 3.12 bits per heavy atom. The van der Waals surface area contributed by atoms with Crippen LogP contribution in [0.4, 0.5) is 0 Å². The molecule has 0 aliphatic carbocycles. The van der Waals surface area contributed by atoms with E-state index in [0.717, 1.165) is 18.7 Å². The standard InChI is InChI=1S/C10H19N5O/c1-8(11)3-2-4-10(16)12-6-5-9-13-7-14-15-9/h7-8H,2-6,11H2,1H3,(H,12,16)(H,13,14,15). The van der Waals surface area contributed by atoms with Crippen molar-refractivity contribution in [3.8, 4) is 0 Å². The minimum atomic E-state index is 0.0696. The zero-order valence-electron chi connectivity index (χ0n) is 9.57. The van der Waals surface area contributed by atoms with Gasteiger partial charge in [0.25, 0.3) is 0 Å². The number of nitrogens with one attached hydrogen (secondary N) is 2. The molecule has 1 aromatic heterocycles. The molecule has 1 rings (SSSR count). The van der Waals surface area contributed by atoms with Crippen LogP contribution < -0.4 is 11.1 Å². The van der Waals surface area contributed by atoms with Gasteiger partial charge in [-0.25, -0.2) is 4.98 Å². The average molecular weight is 225 g/mol. The van der Waals surface area contributed by atoms with E-state index < -0.39 is 0 Å². The molecule has 6 nitrogen and oxygen atoms in total. The van der Waals surface area contributed by atoms with Gasteiger partial charge in [0.15, 0.2) is 0 Å². The molecule has 1 aromatic rings. The zero-order chi connectivity index (χ0) is 11.8. The molecular weight excluding hydrogens is 206 g/mol. The van der Waals surface area contributed by atoms with Crippen LogP contribution in [0.2, 0.25) is 0 Å². The zero-order valence-corrected chi connectivity index (χ0v) is 9.57. The summed E-state index contributed by atoms with van der Waals surface area (Å²) < 4.78 is 0. The second-order valence-corrected chi connectivity index (χ2v) is 3.90. The Balaban J connectivity index is 2.02. The maximum Gasteiger partial charge on any atom is 0.220 e. The van der Waals surface area contributed by atoms with Crippen LogP contribution in [-0.4, -0.2) is 33.7 Å². The number of carbonyl (C=O) groups is 1. The number of hydrogen-bond acceptors (Lipinski definition) is 4. The third-order valence-electron chi connectivity index (χ3n) is 2.21. The normalized spacial score (nSPS) is 12.4. The van der Waals surface area contributed by atoms with Gasteiger partial charge in [0.1, 0.15) is 12.2 Å². The van der Waals surface area contributed by atoms with Gasteiger partial charge in [-0.2, -0.15) is 5.10 Å². The Bertz CT molecular complexity index is 296. The first-order chi connectivity index (χ1) is 7.68. The SMILES string of the molecule is CC(N)CCCC(=O)NCCc1ncn[nH]1. The number of amides is 1. The van der Waals surface area contributed by atoms with Gasteiger partial charge in [-0.3, -0.25) is 9.89 Å². The summed E-state index contributed by atoms with van der Waals surface area (Å²) in [6.07, 6.45) is 4.40. The van der Waals surface area contributed by atoms with Crippen LogP contribution in [0.15, 0.2) is 6.33 Å². The van der Waals surface area contributed by atoms with Crippen molar-refractivity contribution in [3.05, 3.63) is 12.2 Å². The molecule has 16 heavy (non-hydrogen) atoms. The molecule has 90 valence electrons. The van der Waals surface area contributed by atoms with Crippen LogP contribution in [-0.2, 0) is 11.2 Å². The third-order valence-corrected chi connectivity index (χ3v) is 2.21. The van der Waals surface area contributed by atoms with Crippen LogP contribution in [0.5, 0.6) is 0 Å². The molecule has 1 amide bonds. The number of nitrogens with two attached hydrogens (primary N) is 1. The van der Waals surface area contributed by atoms with E-state index in [1.165, 1.54) is 6.33 Å². The van der Waals surface area contributed by atoms with Crippen molar-refractivity contribution < 1.29 is 4.79 Å². The Hall–Kier alpha value is -1.43. The fourth-order valence-corrected chi connectivity index (χ4v) is 1.34. The third kappa shape index (κ3) is 5.45. The van der Waals surface area contributed by atoms with E-state index in [9.17, 15) is 4.79 Å². The lowest BCUT2D eigenvalue weighted by Crippen LogP contribution is -2.26. The number of hydrogen-bond donors (Lipinski definition) is 3. The van der Waals surface area contributed by atoms with Crippen LogP contribution in [0.1, 0.15) is 32.0 Å². The molecular formula is C10H19N5O. The van der Waals surface area contributed by atoms with Crippen molar-refractivity contribution in [1.82, 2.24) is 20.5 Å². The van der Waals surface area contributed by atoms with Crippen LogP contribution in [0, 0.1) is 0 Å². The lowest BCUT2D eigenvalue weighted by Gasteiger charge is -2.05. The summed E-state index contributed by atoms with van der Waals surface area (Å²) in [5, 5.41) is 9.29. The van der Waals surface area contributed by atoms with Crippen molar-refractivity contribution in [1.29, 1.82) is 0 Å². The fourth-order valence-electron chi connectivity index (χ4n) is 1.34. The van der Waals surface area contributed by atoms with Crippen LogP contribution in [0.3, 0.4) is 0 Å². The fraction of sp³-hybridized carbons (Fsp3) is 0.700. The van der Waals surface area contributed by atoms with Crippen molar-refractivity contribution >= 4 is 5.91 Å². The van der Waals surface area contributed by atoms with E-state index >= 15 is 0 Å². The maximum atomic E-state index is 11.4. The molecule has 0 fully saturated rings. The topological polar surface area (TPSA) is 96.7 Å². The second-order valence-electron chi connectivity index (χ2n) is 3.90. The Morgan fingerprint density at radius 1 is 1.69 bits per heavy atom. The monoisotopic (exact) mass is 225 g/mol. The average Bonchev–Trinajstić information content (AvgIpc) is 2.70. The molecule has 0 saturated heterocycles. The van der Waals surface area contributed by atoms with Gasteiger partial charge in [0, 0.05) is 25.4 Å². The highest BCUT2D eigenvalue weighted by molar-refractivity contribution is 5.75. The van der Waals surface area contributed by atoms with E-state index in [1.54, 1.807) is 0 Å². The van der Waals surface area contributed by atoms with Crippen LogP contribution >= 0.6 is 0 Å². The smallest absolute Gasteiger partial charge is 0.220 e. The number of carbonyl (C=O) groups excluding carboxylic acids is 1. The van der Waals surface area contributed by atoms with Crippen molar-refractivity contribution in [2.75, 3.05) is 6.54 Å². The molecule has 0 aromatic carbocycles. The molecule has 6 heteroatoms. The van der Waals surface area contributed by atoms with Gasteiger partial charge in [0.2, 0.25) is 5.91 Å². The summed E-state index contributed by atoms with van der Waals surface area (Å²) >= 11 is 0. The molecule has 0 bridgehead atoms. The van der Waals surface area contributed by atoms with Gasteiger partial charge in [-0.15, -0.1) is 0 Å². The highest BCUT2D eigenvalue weighted by atomic mass is 16.1. The Morgan fingerprint density at radius 2 is 2.50 bits per heavy atom. The van der Waals surface area contributed by atoms with Gasteiger partial charge in [0.05, 0.1) is 0 Å². The predicted octanol–water partition coefficient (Wildman–Crippen LogP) is -0.0191. The number of aromatic amines is 1. The number of nitrogens with zero attached hydrogens (tertiary/aromatic N) is 2.